The SMILES string of the molecule is CC1CCN(C(=O)c2ccc3nccn3c2)C[C@H]1c1cc(C(F)F)nc2ccnn12. The van der Waals surface area contributed by atoms with Gasteiger partial charge in [0.2, 0.25) is 0 Å². The predicted octanol–water partition coefficient (Wildman–Crippen LogP) is 3.58. The van der Waals surface area contributed by atoms with Crippen molar-refractivity contribution in [3.63, 3.8) is 0 Å². The summed E-state index contributed by atoms with van der Waals surface area (Å²) in [7, 11) is 0. The molecule has 30 heavy (non-hydrogen) atoms. The van der Waals surface area contributed by atoms with Gasteiger partial charge in [0.25, 0.3) is 12.3 Å². The van der Waals surface area contributed by atoms with Crippen LogP contribution in [0.2, 0.25) is 0 Å². The molecule has 5 heterocycles. The minimum absolute atomic E-state index is 0.0812. The molecule has 7 nitrogen and oxygen atoms in total. The van der Waals surface area contributed by atoms with Gasteiger partial charge in [0.1, 0.15) is 11.3 Å². The van der Waals surface area contributed by atoms with Crippen molar-refractivity contribution < 1.29 is 13.6 Å². The van der Waals surface area contributed by atoms with Crippen LogP contribution in [-0.4, -0.2) is 47.9 Å². The zero-order valence-corrected chi connectivity index (χ0v) is 16.3. The molecule has 5 rings (SSSR count). The molecule has 0 radical (unpaired) electrons. The number of nitrogens with zero attached hydrogens (tertiary/aromatic N) is 6. The summed E-state index contributed by atoms with van der Waals surface area (Å²) in [4.78, 5) is 23.2. The Balaban J connectivity index is 1.48. The Hall–Kier alpha value is -3.36. The van der Waals surface area contributed by atoms with E-state index in [2.05, 4.69) is 22.0 Å². The molecule has 0 saturated carbocycles. The number of pyridine rings is 1. The number of likely N-dealkylation sites (tertiary alicyclic amines) is 1. The van der Waals surface area contributed by atoms with E-state index in [4.69, 9.17) is 0 Å². The first-order valence-corrected chi connectivity index (χ1v) is 9.86. The number of amides is 1. The zero-order chi connectivity index (χ0) is 20.8. The van der Waals surface area contributed by atoms with Gasteiger partial charge in [0.15, 0.2) is 5.65 Å². The standard InChI is InChI=1S/C21H20F2N6O/c1-13-5-8-28(21(30)14-2-3-18-24-7-9-27(18)11-14)12-15(13)17-10-16(20(22)23)26-19-4-6-25-29(17)19/h2-4,6-7,9-11,13,15,20H,5,8,12H2,1H3/t13?,15-/m1/s1. The third-order valence-electron chi connectivity index (χ3n) is 5.89. The first-order valence-electron chi connectivity index (χ1n) is 9.86. The second-order valence-electron chi connectivity index (χ2n) is 7.74. The van der Waals surface area contributed by atoms with Gasteiger partial charge in [-0.3, -0.25) is 4.79 Å². The number of hydrogen-bond donors (Lipinski definition) is 0. The number of piperidine rings is 1. The molecule has 2 atom stereocenters. The Morgan fingerprint density at radius 3 is 2.90 bits per heavy atom. The van der Waals surface area contributed by atoms with Crippen LogP contribution in [0.15, 0.2) is 49.1 Å². The average Bonchev–Trinajstić information content (AvgIpc) is 3.41. The topological polar surface area (TPSA) is 67.8 Å². The van der Waals surface area contributed by atoms with E-state index in [-0.39, 0.29) is 23.4 Å². The lowest BCUT2D eigenvalue weighted by Crippen LogP contribution is -2.42. The van der Waals surface area contributed by atoms with Crippen LogP contribution in [0.25, 0.3) is 11.3 Å². The molecule has 4 aromatic rings. The predicted molar refractivity (Wildman–Crippen MR) is 106 cm³/mol. The van der Waals surface area contributed by atoms with E-state index < -0.39 is 6.43 Å². The highest BCUT2D eigenvalue weighted by molar-refractivity contribution is 5.94. The summed E-state index contributed by atoms with van der Waals surface area (Å²) < 4.78 is 30.2. The Kier molecular flexibility index (Phi) is 4.45. The van der Waals surface area contributed by atoms with E-state index in [1.165, 1.54) is 6.07 Å². The van der Waals surface area contributed by atoms with Crippen LogP contribution in [0.3, 0.4) is 0 Å². The monoisotopic (exact) mass is 410 g/mol. The summed E-state index contributed by atoms with van der Waals surface area (Å²) in [6, 6.07) is 6.62. The van der Waals surface area contributed by atoms with E-state index in [0.717, 1.165) is 12.1 Å². The summed E-state index contributed by atoms with van der Waals surface area (Å²) in [6.07, 6.45) is 4.91. The van der Waals surface area contributed by atoms with Crippen LogP contribution in [-0.2, 0) is 0 Å². The molecule has 0 aromatic carbocycles. The Morgan fingerprint density at radius 2 is 2.07 bits per heavy atom. The number of hydrogen-bond acceptors (Lipinski definition) is 4. The summed E-state index contributed by atoms with van der Waals surface area (Å²) >= 11 is 0. The number of fused-ring (bicyclic) bond motifs is 2. The molecule has 0 bridgehead atoms. The van der Waals surface area contributed by atoms with Crippen molar-refractivity contribution in [2.75, 3.05) is 13.1 Å². The second-order valence-corrected chi connectivity index (χ2v) is 7.74. The lowest BCUT2D eigenvalue weighted by Gasteiger charge is -2.37. The number of imidazole rings is 1. The van der Waals surface area contributed by atoms with Crippen LogP contribution >= 0.6 is 0 Å². The molecule has 1 aliphatic heterocycles. The molecule has 0 aliphatic carbocycles. The highest BCUT2D eigenvalue weighted by atomic mass is 19.3. The lowest BCUT2D eigenvalue weighted by atomic mass is 9.84. The molecule has 9 heteroatoms. The first kappa shape index (κ1) is 18.7. The maximum Gasteiger partial charge on any atom is 0.280 e. The van der Waals surface area contributed by atoms with Crippen molar-refractivity contribution in [2.24, 2.45) is 5.92 Å². The van der Waals surface area contributed by atoms with Gasteiger partial charge in [-0.25, -0.2) is 23.3 Å². The summed E-state index contributed by atoms with van der Waals surface area (Å²) in [6.45, 7) is 3.14. The number of halogens is 2. The summed E-state index contributed by atoms with van der Waals surface area (Å²) in [5.74, 6) is 0.00965. The Labute approximate surface area is 171 Å². The fraction of sp³-hybridized carbons (Fsp3) is 0.333. The van der Waals surface area contributed by atoms with E-state index in [0.29, 0.717) is 30.0 Å². The maximum absolute atomic E-state index is 13.4. The van der Waals surface area contributed by atoms with E-state index in [1.807, 2.05) is 10.5 Å². The minimum atomic E-state index is -2.66. The van der Waals surface area contributed by atoms with Crippen molar-refractivity contribution in [2.45, 2.75) is 25.7 Å². The molecule has 154 valence electrons. The molecule has 1 fully saturated rings. The molecule has 1 aliphatic rings. The van der Waals surface area contributed by atoms with Crippen molar-refractivity contribution in [3.8, 4) is 0 Å². The molecule has 0 spiro atoms. The van der Waals surface area contributed by atoms with E-state index in [1.54, 1.807) is 46.3 Å². The molecule has 1 saturated heterocycles. The number of carbonyl (C=O) groups is 1. The number of alkyl halides is 2. The van der Waals surface area contributed by atoms with Gasteiger partial charge < -0.3 is 9.30 Å². The van der Waals surface area contributed by atoms with Crippen LogP contribution < -0.4 is 0 Å². The van der Waals surface area contributed by atoms with Crippen molar-refractivity contribution in [1.29, 1.82) is 0 Å². The molecule has 4 aromatic heterocycles. The summed E-state index contributed by atoms with van der Waals surface area (Å²) in [5, 5.41) is 4.28. The van der Waals surface area contributed by atoms with Gasteiger partial charge >= 0.3 is 0 Å². The van der Waals surface area contributed by atoms with Gasteiger partial charge in [0.05, 0.1) is 17.5 Å². The van der Waals surface area contributed by atoms with Crippen LogP contribution in [0, 0.1) is 5.92 Å². The molecule has 1 unspecified atom stereocenters. The first-order chi connectivity index (χ1) is 14.5. The smallest absolute Gasteiger partial charge is 0.280 e. The third-order valence-corrected chi connectivity index (χ3v) is 5.89. The van der Waals surface area contributed by atoms with Crippen molar-refractivity contribution in [1.82, 2.24) is 28.9 Å². The molecular formula is C21H20F2N6O. The highest BCUT2D eigenvalue weighted by Gasteiger charge is 2.33. The average molecular weight is 410 g/mol. The maximum atomic E-state index is 13.4. The van der Waals surface area contributed by atoms with Gasteiger partial charge in [0, 0.05) is 43.7 Å². The van der Waals surface area contributed by atoms with E-state index in [9.17, 15) is 13.6 Å². The fourth-order valence-electron chi connectivity index (χ4n) is 4.20. The van der Waals surface area contributed by atoms with Crippen LogP contribution in [0.5, 0.6) is 0 Å². The molecule has 1 amide bonds. The quantitative estimate of drug-likeness (QED) is 0.518. The number of carbonyl (C=O) groups excluding carboxylic acids is 1. The third kappa shape index (κ3) is 3.10. The Bertz CT molecular complexity index is 1230. The number of rotatable bonds is 3. The zero-order valence-electron chi connectivity index (χ0n) is 16.3. The van der Waals surface area contributed by atoms with E-state index >= 15 is 0 Å². The Morgan fingerprint density at radius 1 is 1.20 bits per heavy atom. The van der Waals surface area contributed by atoms with Crippen LogP contribution in [0.4, 0.5) is 8.78 Å². The number of aromatic nitrogens is 5. The van der Waals surface area contributed by atoms with Gasteiger partial charge in [-0.1, -0.05) is 6.92 Å². The van der Waals surface area contributed by atoms with Crippen LogP contribution in [0.1, 0.15) is 47.4 Å². The minimum Gasteiger partial charge on any atom is -0.338 e. The second kappa shape index (κ2) is 7.16. The van der Waals surface area contributed by atoms with Gasteiger partial charge in [-0.05, 0) is 30.5 Å². The summed E-state index contributed by atoms with van der Waals surface area (Å²) in [5.41, 5.74) is 2.13. The largest absolute Gasteiger partial charge is 0.338 e. The highest BCUT2D eigenvalue weighted by Crippen LogP contribution is 2.34. The van der Waals surface area contributed by atoms with Crippen molar-refractivity contribution in [3.05, 3.63) is 66.0 Å². The normalized spacial score (nSPS) is 19.8. The lowest BCUT2D eigenvalue weighted by molar-refractivity contribution is 0.0665. The fourth-order valence-corrected chi connectivity index (χ4v) is 4.20. The molecular weight excluding hydrogens is 390 g/mol. The van der Waals surface area contributed by atoms with Crippen molar-refractivity contribution >= 4 is 17.2 Å². The van der Waals surface area contributed by atoms with Gasteiger partial charge in [-0.2, -0.15) is 5.10 Å². The van der Waals surface area contributed by atoms with Gasteiger partial charge in [-0.15, -0.1) is 0 Å². The molecule has 0 N–H and O–H groups in total.